The van der Waals surface area contributed by atoms with E-state index in [0.717, 1.165) is 27.7 Å². The maximum atomic E-state index is 12.4. The van der Waals surface area contributed by atoms with Gasteiger partial charge in [0.25, 0.3) is 0 Å². The molecule has 36 heavy (non-hydrogen) atoms. The number of pyridine rings is 1. The van der Waals surface area contributed by atoms with Gasteiger partial charge in [0.2, 0.25) is 0 Å². The molecule has 0 fully saturated rings. The summed E-state index contributed by atoms with van der Waals surface area (Å²) in [5.41, 5.74) is 3.70. The number of amides is 1. The van der Waals surface area contributed by atoms with Crippen LogP contribution in [0.2, 0.25) is 0 Å². The SMILES string of the molecule is CN(C)c1ccc(C#CCOCCn2cnc3c(NC(=O)OC(C)(C)C)nc4ccccc4c32)cc1. The second-order valence-electron chi connectivity index (χ2n) is 9.54. The number of nitrogens with zero attached hydrogens (tertiary/aromatic N) is 4. The highest BCUT2D eigenvalue weighted by atomic mass is 16.6. The molecule has 0 atom stereocenters. The molecule has 0 unspecified atom stereocenters. The summed E-state index contributed by atoms with van der Waals surface area (Å²) in [7, 11) is 4.02. The van der Waals surface area contributed by atoms with E-state index in [2.05, 4.69) is 32.0 Å². The molecule has 186 valence electrons. The molecular weight excluding hydrogens is 454 g/mol. The molecule has 2 heterocycles. The Bertz CT molecular complexity index is 1420. The fraction of sp³-hybridized carbons (Fsp3) is 0.321. The van der Waals surface area contributed by atoms with Crippen molar-refractivity contribution in [1.82, 2.24) is 14.5 Å². The molecule has 8 nitrogen and oxygen atoms in total. The second kappa shape index (κ2) is 10.7. The lowest BCUT2D eigenvalue weighted by Gasteiger charge is -2.19. The minimum absolute atomic E-state index is 0.329. The van der Waals surface area contributed by atoms with Crippen LogP contribution in [0.5, 0.6) is 0 Å². The van der Waals surface area contributed by atoms with E-state index in [0.29, 0.717) is 31.1 Å². The quantitative estimate of drug-likeness (QED) is 0.304. The monoisotopic (exact) mass is 485 g/mol. The topological polar surface area (TPSA) is 81.5 Å². The van der Waals surface area contributed by atoms with E-state index in [4.69, 9.17) is 9.47 Å². The van der Waals surface area contributed by atoms with Crippen LogP contribution < -0.4 is 10.2 Å². The maximum Gasteiger partial charge on any atom is 0.413 e. The van der Waals surface area contributed by atoms with Crippen molar-refractivity contribution in [2.75, 3.05) is 37.5 Å². The molecule has 0 aliphatic rings. The number of carbonyl (C=O) groups is 1. The van der Waals surface area contributed by atoms with E-state index in [-0.39, 0.29) is 0 Å². The lowest BCUT2D eigenvalue weighted by molar-refractivity contribution is 0.0635. The number of hydrogen-bond acceptors (Lipinski definition) is 6. The molecule has 8 heteroatoms. The van der Waals surface area contributed by atoms with Crippen LogP contribution in [0, 0.1) is 11.8 Å². The van der Waals surface area contributed by atoms with E-state index in [9.17, 15) is 4.79 Å². The van der Waals surface area contributed by atoms with Crippen molar-refractivity contribution in [3.8, 4) is 11.8 Å². The summed E-state index contributed by atoms with van der Waals surface area (Å²) in [6, 6.07) is 15.9. The summed E-state index contributed by atoms with van der Waals surface area (Å²) in [6.45, 7) is 6.82. The molecular formula is C28H31N5O3. The van der Waals surface area contributed by atoms with Crippen LogP contribution in [0.3, 0.4) is 0 Å². The Balaban J connectivity index is 1.45. The van der Waals surface area contributed by atoms with Crippen molar-refractivity contribution in [3.05, 3.63) is 60.4 Å². The summed E-state index contributed by atoms with van der Waals surface area (Å²) in [6.07, 6.45) is 1.17. The minimum atomic E-state index is -0.616. The molecule has 0 radical (unpaired) electrons. The molecule has 4 aromatic rings. The van der Waals surface area contributed by atoms with Crippen molar-refractivity contribution in [1.29, 1.82) is 0 Å². The Morgan fingerprint density at radius 1 is 1.11 bits per heavy atom. The average Bonchev–Trinajstić information content (AvgIpc) is 3.25. The number of fused-ring (bicyclic) bond motifs is 3. The predicted molar refractivity (Wildman–Crippen MR) is 143 cm³/mol. The maximum absolute atomic E-state index is 12.4. The fourth-order valence-electron chi connectivity index (χ4n) is 3.71. The standard InChI is InChI=1S/C28H31N5O3/c1-28(2,3)36-27(34)31-26-24-25(22-10-6-7-11-23(22)30-26)33(19-29-24)16-18-35-17-8-9-20-12-14-21(15-13-20)32(4)5/h6-7,10-15,19H,16-18H2,1-5H3,(H,30,31,34). The number of anilines is 2. The number of carbonyl (C=O) groups excluding carboxylic acids is 1. The zero-order valence-corrected chi connectivity index (χ0v) is 21.3. The van der Waals surface area contributed by atoms with Crippen LogP contribution in [-0.4, -0.2) is 53.5 Å². The first-order valence-electron chi connectivity index (χ1n) is 11.8. The van der Waals surface area contributed by atoms with Gasteiger partial charge in [-0.1, -0.05) is 30.0 Å². The first-order chi connectivity index (χ1) is 17.2. The Hall–Kier alpha value is -4.09. The highest BCUT2D eigenvalue weighted by molar-refractivity contribution is 6.08. The summed E-state index contributed by atoms with van der Waals surface area (Å²) < 4.78 is 13.2. The van der Waals surface area contributed by atoms with E-state index in [1.54, 1.807) is 6.33 Å². The van der Waals surface area contributed by atoms with Gasteiger partial charge < -0.3 is 18.9 Å². The Morgan fingerprint density at radius 3 is 2.58 bits per heavy atom. The third kappa shape index (κ3) is 6.12. The number of rotatable bonds is 6. The molecule has 0 saturated carbocycles. The Labute approximate surface area is 211 Å². The number of hydrogen-bond donors (Lipinski definition) is 1. The lowest BCUT2D eigenvalue weighted by atomic mass is 10.2. The van der Waals surface area contributed by atoms with Gasteiger partial charge in [0, 0.05) is 37.3 Å². The molecule has 1 N–H and O–H groups in total. The van der Waals surface area contributed by atoms with Gasteiger partial charge in [0.05, 0.1) is 24.0 Å². The van der Waals surface area contributed by atoms with Crippen molar-refractivity contribution in [3.63, 3.8) is 0 Å². The first kappa shape index (κ1) is 25.0. The largest absolute Gasteiger partial charge is 0.444 e. The molecule has 2 aromatic heterocycles. The van der Waals surface area contributed by atoms with Gasteiger partial charge in [-0.05, 0) is 51.1 Å². The molecule has 1 amide bonds. The van der Waals surface area contributed by atoms with Gasteiger partial charge in [0.15, 0.2) is 5.82 Å². The van der Waals surface area contributed by atoms with Crippen LogP contribution in [-0.2, 0) is 16.0 Å². The smallest absolute Gasteiger partial charge is 0.413 e. The van der Waals surface area contributed by atoms with E-state index in [1.165, 1.54) is 0 Å². The molecule has 0 aliphatic carbocycles. The number of imidazole rings is 1. The van der Waals surface area contributed by atoms with Crippen LogP contribution in [0.25, 0.3) is 21.9 Å². The van der Waals surface area contributed by atoms with Gasteiger partial charge in [-0.3, -0.25) is 5.32 Å². The zero-order valence-electron chi connectivity index (χ0n) is 21.3. The normalized spacial score (nSPS) is 11.2. The van der Waals surface area contributed by atoms with Crippen molar-refractivity contribution in [2.24, 2.45) is 0 Å². The number of benzene rings is 2. The van der Waals surface area contributed by atoms with Crippen molar-refractivity contribution in [2.45, 2.75) is 32.9 Å². The third-order valence-corrected chi connectivity index (χ3v) is 5.34. The summed E-state index contributed by atoms with van der Waals surface area (Å²) in [4.78, 5) is 23.6. The average molecular weight is 486 g/mol. The second-order valence-corrected chi connectivity index (χ2v) is 9.54. The van der Waals surface area contributed by atoms with Crippen molar-refractivity contribution >= 4 is 39.5 Å². The number of aromatic nitrogens is 3. The number of para-hydroxylation sites is 1. The van der Waals surface area contributed by atoms with Gasteiger partial charge >= 0.3 is 6.09 Å². The third-order valence-electron chi connectivity index (χ3n) is 5.34. The van der Waals surface area contributed by atoms with E-state index < -0.39 is 11.7 Å². The highest BCUT2D eigenvalue weighted by Gasteiger charge is 2.20. The van der Waals surface area contributed by atoms with Gasteiger partial charge in [0.1, 0.15) is 17.7 Å². The molecule has 0 aliphatic heterocycles. The van der Waals surface area contributed by atoms with Gasteiger partial charge in [-0.15, -0.1) is 0 Å². The number of nitrogens with one attached hydrogen (secondary N) is 1. The first-order valence-corrected chi connectivity index (χ1v) is 11.8. The van der Waals surface area contributed by atoms with E-state index >= 15 is 0 Å². The number of ether oxygens (including phenoxy) is 2. The summed E-state index contributed by atoms with van der Waals surface area (Å²) in [5, 5.41) is 3.70. The molecule has 0 spiro atoms. The van der Waals surface area contributed by atoms with Crippen LogP contribution in [0.4, 0.5) is 16.3 Å². The lowest BCUT2D eigenvalue weighted by Crippen LogP contribution is -2.27. The van der Waals surface area contributed by atoms with Crippen LogP contribution in [0.15, 0.2) is 54.9 Å². The fourth-order valence-corrected chi connectivity index (χ4v) is 3.71. The summed E-state index contributed by atoms with van der Waals surface area (Å²) in [5.74, 6) is 6.56. The molecule has 0 bridgehead atoms. The van der Waals surface area contributed by atoms with Crippen LogP contribution >= 0.6 is 0 Å². The van der Waals surface area contributed by atoms with Gasteiger partial charge in [-0.2, -0.15) is 0 Å². The van der Waals surface area contributed by atoms with Gasteiger partial charge in [-0.25, -0.2) is 14.8 Å². The van der Waals surface area contributed by atoms with Crippen molar-refractivity contribution < 1.29 is 14.3 Å². The zero-order chi connectivity index (χ0) is 25.7. The van der Waals surface area contributed by atoms with E-state index in [1.807, 2.05) is 88.0 Å². The highest BCUT2D eigenvalue weighted by Crippen LogP contribution is 2.29. The Morgan fingerprint density at radius 2 is 1.86 bits per heavy atom. The Kier molecular flexibility index (Phi) is 7.41. The molecule has 2 aromatic carbocycles. The molecule has 0 saturated heterocycles. The summed E-state index contributed by atoms with van der Waals surface area (Å²) >= 11 is 0. The molecule has 4 rings (SSSR count). The minimum Gasteiger partial charge on any atom is -0.444 e. The van der Waals surface area contributed by atoms with Crippen LogP contribution in [0.1, 0.15) is 26.3 Å². The predicted octanol–water partition coefficient (Wildman–Crippen LogP) is 5.07.